The second kappa shape index (κ2) is 13.1. The van der Waals surface area contributed by atoms with E-state index in [4.69, 9.17) is 28.2 Å². The molecule has 0 spiro atoms. The van der Waals surface area contributed by atoms with Crippen molar-refractivity contribution in [1.82, 2.24) is 20.2 Å². The summed E-state index contributed by atoms with van der Waals surface area (Å²) in [6.07, 6.45) is 5.87. The summed E-state index contributed by atoms with van der Waals surface area (Å²) in [6.45, 7) is 11.4. The zero-order valence-corrected chi connectivity index (χ0v) is 28.9. The van der Waals surface area contributed by atoms with Gasteiger partial charge in [0.2, 0.25) is 5.91 Å². The largest absolute Gasteiger partial charge is 0.390 e. The summed E-state index contributed by atoms with van der Waals surface area (Å²) >= 11 is 13.5. The lowest BCUT2D eigenvalue weighted by atomic mass is 9.87. The third-order valence-electron chi connectivity index (χ3n) is 9.59. The van der Waals surface area contributed by atoms with E-state index in [0.29, 0.717) is 60.4 Å². The molecule has 0 unspecified atom stereocenters. The Balaban J connectivity index is 1.47. The molecule has 0 bridgehead atoms. The Labute approximate surface area is 276 Å². The van der Waals surface area contributed by atoms with Crippen LogP contribution in [0.1, 0.15) is 100 Å². The summed E-state index contributed by atoms with van der Waals surface area (Å²) in [5.74, 6) is 1.32. The fraction of sp³-hybridized carbons (Fsp3) is 0.571. The predicted molar refractivity (Wildman–Crippen MR) is 182 cm³/mol. The maximum absolute atomic E-state index is 13.8. The smallest absolute Gasteiger partial charge is 0.253 e. The highest BCUT2D eigenvalue weighted by molar-refractivity contribution is 6.36. The van der Waals surface area contributed by atoms with Crippen molar-refractivity contribution in [3.8, 4) is 0 Å². The lowest BCUT2D eigenvalue weighted by molar-refractivity contribution is -0.128. The van der Waals surface area contributed by atoms with Crippen molar-refractivity contribution in [3.05, 3.63) is 56.8 Å². The molecular weight excluding hydrogens is 609 g/mol. The molecule has 1 aliphatic heterocycles. The molecular formula is C35H47Cl2N5O3. The topological polar surface area (TPSA) is 99.5 Å². The van der Waals surface area contributed by atoms with Gasteiger partial charge in [0.15, 0.2) is 0 Å². The molecule has 1 saturated heterocycles. The van der Waals surface area contributed by atoms with Crippen molar-refractivity contribution in [2.75, 3.05) is 18.0 Å². The number of halogens is 2. The number of nitrogens with one attached hydrogen (secondary N) is 2. The molecule has 2 aliphatic rings. The second-order valence-electron chi connectivity index (χ2n) is 14.5. The molecule has 3 N–H and O–H groups in total. The van der Waals surface area contributed by atoms with Crippen molar-refractivity contribution >= 4 is 51.7 Å². The Kier molecular flexibility index (Phi) is 9.79. The number of hydrogen-bond acceptors (Lipinski definition) is 5. The number of carbonyl (C=O) groups is 2. The van der Waals surface area contributed by atoms with E-state index in [2.05, 4.69) is 28.5 Å². The average Bonchev–Trinajstić information content (AvgIpc) is 3.28. The molecule has 45 heavy (non-hydrogen) atoms. The first kappa shape index (κ1) is 33.6. The summed E-state index contributed by atoms with van der Waals surface area (Å²) in [4.78, 5) is 33.5. The van der Waals surface area contributed by atoms with Crippen molar-refractivity contribution in [2.45, 2.75) is 97.8 Å². The van der Waals surface area contributed by atoms with E-state index in [-0.39, 0.29) is 17.9 Å². The van der Waals surface area contributed by atoms with Gasteiger partial charge in [-0.25, -0.2) is 4.98 Å². The Hall–Kier alpha value is -2.81. The van der Waals surface area contributed by atoms with Crippen LogP contribution >= 0.6 is 23.2 Å². The normalized spacial score (nSPS) is 20.3. The summed E-state index contributed by atoms with van der Waals surface area (Å²) in [5, 5.41) is 17.9. The van der Waals surface area contributed by atoms with E-state index in [1.807, 2.05) is 57.5 Å². The number of aliphatic hydroxyl groups is 1. The molecule has 1 aliphatic carbocycles. The quantitative estimate of drug-likeness (QED) is 0.260. The number of aromatic nitrogens is 2. The average molecular weight is 657 g/mol. The minimum absolute atomic E-state index is 0.0589. The molecule has 1 aromatic heterocycles. The van der Waals surface area contributed by atoms with Gasteiger partial charge in [0.1, 0.15) is 5.82 Å². The lowest BCUT2D eigenvalue weighted by Crippen LogP contribution is -2.43. The Bertz CT molecular complexity index is 1570. The highest BCUT2D eigenvalue weighted by Gasteiger charge is 2.31. The molecule has 1 saturated carbocycles. The number of imidazole rings is 1. The molecule has 0 radical (unpaired) electrons. The summed E-state index contributed by atoms with van der Waals surface area (Å²) in [5.41, 5.74) is 3.41. The first-order chi connectivity index (χ1) is 21.1. The van der Waals surface area contributed by atoms with Gasteiger partial charge in [0, 0.05) is 49.6 Å². The Morgan fingerprint density at radius 3 is 2.40 bits per heavy atom. The zero-order chi connectivity index (χ0) is 32.7. The molecule has 244 valence electrons. The highest BCUT2D eigenvalue weighted by Crippen LogP contribution is 2.35. The van der Waals surface area contributed by atoms with Crippen molar-refractivity contribution in [2.24, 2.45) is 18.4 Å². The van der Waals surface area contributed by atoms with Gasteiger partial charge in [0.25, 0.3) is 5.91 Å². The molecule has 2 fully saturated rings. The number of nitrogens with zero attached hydrogens (tertiary/aromatic N) is 3. The summed E-state index contributed by atoms with van der Waals surface area (Å²) in [6, 6.07) is 7.78. The van der Waals surface area contributed by atoms with Crippen LogP contribution in [-0.2, 0) is 24.8 Å². The van der Waals surface area contributed by atoms with Crippen LogP contribution in [0.2, 0.25) is 10.0 Å². The number of fused-ring (bicyclic) bond motifs is 1. The maximum Gasteiger partial charge on any atom is 0.253 e. The fourth-order valence-electron chi connectivity index (χ4n) is 6.32. The number of aryl methyl sites for hydroxylation is 1. The summed E-state index contributed by atoms with van der Waals surface area (Å²) < 4.78 is 2.03. The van der Waals surface area contributed by atoms with E-state index in [1.54, 1.807) is 0 Å². The van der Waals surface area contributed by atoms with Crippen molar-refractivity contribution < 1.29 is 14.7 Å². The maximum atomic E-state index is 13.8. The summed E-state index contributed by atoms with van der Waals surface area (Å²) in [7, 11) is 1.97. The van der Waals surface area contributed by atoms with Gasteiger partial charge < -0.3 is 25.2 Å². The van der Waals surface area contributed by atoms with Crippen LogP contribution in [0.4, 0.5) is 5.69 Å². The molecule has 2 heterocycles. The van der Waals surface area contributed by atoms with Gasteiger partial charge in [0.05, 0.1) is 32.9 Å². The highest BCUT2D eigenvalue weighted by atomic mass is 35.5. The van der Waals surface area contributed by atoms with Gasteiger partial charge in [-0.1, -0.05) is 57.0 Å². The minimum Gasteiger partial charge on any atom is -0.390 e. The van der Waals surface area contributed by atoms with Gasteiger partial charge >= 0.3 is 0 Å². The van der Waals surface area contributed by atoms with Gasteiger partial charge in [-0.15, -0.1) is 0 Å². The van der Waals surface area contributed by atoms with E-state index >= 15 is 0 Å². The minimum atomic E-state index is -0.704. The van der Waals surface area contributed by atoms with Gasteiger partial charge in [-0.3, -0.25) is 9.59 Å². The van der Waals surface area contributed by atoms with E-state index in [9.17, 15) is 14.7 Å². The standard InChI is InChI=1S/C35H47Cl2N5O3/c1-21-7-10-23(11-8-21)39-32(43)25-17-27-29(19-28(25)42-15-13-35(5,45)14-16-42)41(6)30(40-27)18-24-26(36)12-9-22(31(24)37)20-38-33(44)34(2,3)4/h9,12,17,19,21,23,45H,7-8,10-11,13-16,18,20H2,1-6H3,(H,38,44)(H,39,43). The molecule has 5 rings (SSSR count). The SMILES string of the molecule is CC1CCC(NC(=O)c2cc3nc(Cc4c(Cl)ccc(CNC(=O)C(C)(C)C)c4Cl)n(C)c3cc2N2CCC(C)(O)CC2)CC1. The number of piperidine rings is 1. The van der Waals surface area contributed by atoms with Crippen LogP contribution in [0, 0.1) is 11.3 Å². The molecule has 0 atom stereocenters. The van der Waals surface area contributed by atoms with Crippen LogP contribution in [0.3, 0.4) is 0 Å². The molecule has 3 aromatic rings. The lowest BCUT2D eigenvalue weighted by Gasteiger charge is -2.38. The molecule has 8 nitrogen and oxygen atoms in total. The fourth-order valence-corrected chi connectivity index (χ4v) is 6.89. The number of rotatable bonds is 7. The number of amides is 2. The Morgan fingerprint density at radius 1 is 1.09 bits per heavy atom. The number of hydrogen-bond donors (Lipinski definition) is 3. The van der Waals surface area contributed by atoms with Crippen LogP contribution in [-0.4, -0.2) is 51.2 Å². The van der Waals surface area contributed by atoms with Crippen molar-refractivity contribution in [1.29, 1.82) is 0 Å². The Morgan fingerprint density at radius 2 is 1.76 bits per heavy atom. The third kappa shape index (κ3) is 7.61. The monoisotopic (exact) mass is 655 g/mol. The van der Waals surface area contributed by atoms with E-state index in [1.165, 1.54) is 0 Å². The molecule has 10 heteroatoms. The second-order valence-corrected chi connectivity index (χ2v) is 15.3. The zero-order valence-electron chi connectivity index (χ0n) is 27.4. The molecule has 2 amide bonds. The van der Waals surface area contributed by atoms with Crippen LogP contribution in [0.25, 0.3) is 11.0 Å². The number of anilines is 1. The third-order valence-corrected chi connectivity index (χ3v) is 10.4. The van der Waals surface area contributed by atoms with Crippen LogP contribution in [0.15, 0.2) is 24.3 Å². The van der Waals surface area contributed by atoms with Crippen LogP contribution < -0.4 is 15.5 Å². The number of benzene rings is 2. The first-order valence-electron chi connectivity index (χ1n) is 16.1. The molecule has 2 aromatic carbocycles. The van der Waals surface area contributed by atoms with E-state index < -0.39 is 11.0 Å². The van der Waals surface area contributed by atoms with Gasteiger partial charge in [-0.05, 0) is 80.7 Å². The van der Waals surface area contributed by atoms with Crippen molar-refractivity contribution in [3.63, 3.8) is 0 Å². The van der Waals surface area contributed by atoms with E-state index in [0.717, 1.165) is 59.4 Å². The number of carbonyl (C=O) groups excluding carboxylic acids is 2. The first-order valence-corrected chi connectivity index (χ1v) is 16.9. The predicted octanol–water partition coefficient (Wildman–Crippen LogP) is 6.79. The van der Waals surface area contributed by atoms with Crippen LogP contribution in [0.5, 0.6) is 0 Å². The van der Waals surface area contributed by atoms with Gasteiger partial charge in [-0.2, -0.15) is 0 Å².